The van der Waals surface area contributed by atoms with Gasteiger partial charge in [-0.25, -0.2) is 4.98 Å². The highest BCUT2D eigenvalue weighted by Crippen LogP contribution is 2.11. The molecule has 3 N–H and O–H groups in total. The van der Waals surface area contributed by atoms with E-state index >= 15 is 0 Å². The number of anilines is 1. The summed E-state index contributed by atoms with van der Waals surface area (Å²) in [6.45, 7) is 3.10. The van der Waals surface area contributed by atoms with Gasteiger partial charge in [0.25, 0.3) is 5.91 Å². The van der Waals surface area contributed by atoms with E-state index in [1.165, 1.54) is 0 Å². The number of imidazole rings is 1. The zero-order valence-electron chi connectivity index (χ0n) is 8.73. The molecule has 1 aromatic rings. The summed E-state index contributed by atoms with van der Waals surface area (Å²) in [5.74, 6) is 0.355. The van der Waals surface area contributed by atoms with E-state index in [-0.39, 0.29) is 5.91 Å². The molecule has 1 aromatic heterocycles. The van der Waals surface area contributed by atoms with E-state index in [4.69, 9.17) is 5.73 Å². The molecule has 6 nitrogen and oxygen atoms in total. The highest BCUT2D eigenvalue weighted by molar-refractivity contribution is 5.96. The molecular formula is C9H15N5O. The minimum Gasteiger partial charge on any atom is -0.383 e. The molecule has 1 fully saturated rings. The molecule has 82 valence electrons. The van der Waals surface area contributed by atoms with Gasteiger partial charge in [-0.2, -0.15) is 0 Å². The number of rotatable bonds is 1. The summed E-state index contributed by atoms with van der Waals surface area (Å²) >= 11 is 0. The summed E-state index contributed by atoms with van der Waals surface area (Å²) in [4.78, 5) is 17.8. The second-order valence-electron chi connectivity index (χ2n) is 3.63. The third kappa shape index (κ3) is 1.80. The standard InChI is InChI=1S/C9H15N5O/c1-13-6-12-7(8(13)10)9(15)14-4-2-11-3-5-14/h6,11H,2-5,10H2,1H3. The lowest BCUT2D eigenvalue weighted by Gasteiger charge is -2.26. The molecule has 0 saturated carbocycles. The van der Waals surface area contributed by atoms with Gasteiger partial charge >= 0.3 is 0 Å². The van der Waals surface area contributed by atoms with Crippen LogP contribution in [0, 0.1) is 0 Å². The Balaban J connectivity index is 2.16. The fourth-order valence-electron chi connectivity index (χ4n) is 1.62. The quantitative estimate of drug-likeness (QED) is 0.625. The van der Waals surface area contributed by atoms with Gasteiger partial charge < -0.3 is 20.5 Å². The fraction of sp³-hybridized carbons (Fsp3) is 0.556. The van der Waals surface area contributed by atoms with Crippen molar-refractivity contribution in [3.8, 4) is 0 Å². The minimum atomic E-state index is -0.0744. The van der Waals surface area contributed by atoms with Crippen LogP contribution in [0.1, 0.15) is 10.5 Å². The Morgan fingerprint density at radius 1 is 1.53 bits per heavy atom. The molecule has 0 unspecified atom stereocenters. The van der Waals surface area contributed by atoms with Crippen LogP contribution in [0.2, 0.25) is 0 Å². The lowest BCUT2D eigenvalue weighted by Crippen LogP contribution is -2.46. The molecule has 2 rings (SSSR count). The van der Waals surface area contributed by atoms with E-state index in [1.807, 2.05) is 0 Å². The summed E-state index contributed by atoms with van der Waals surface area (Å²) in [7, 11) is 1.77. The first-order valence-electron chi connectivity index (χ1n) is 4.97. The maximum Gasteiger partial charge on any atom is 0.276 e. The summed E-state index contributed by atoms with van der Waals surface area (Å²) in [6, 6.07) is 0. The van der Waals surface area contributed by atoms with Gasteiger partial charge in [-0.1, -0.05) is 0 Å². The molecule has 0 aromatic carbocycles. The number of carbonyl (C=O) groups is 1. The zero-order valence-corrected chi connectivity index (χ0v) is 8.73. The number of aryl methyl sites for hydroxylation is 1. The van der Waals surface area contributed by atoms with Gasteiger partial charge in [0.05, 0.1) is 6.33 Å². The lowest BCUT2D eigenvalue weighted by molar-refractivity contribution is 0.0731. The molecule has 1 aliphatic heterocycles. The van der Waals surface area contributed by atoms with Gasteiger partial charge in [0.2, 0.25) is 0 Å². The Morgan fingerprint density at radius 2 is 2.20 bits per heavy atom. The number of nitrogen functional groups attached to an aromatic ring is 1. The van der Waals surface area contributed by atoms with Crippen molar-refractivity contribution >= 4 is 11.7 Å². The Morgan fingerprint density at radius 3 is 2.73 bits per heavy atom. The number of hydrogen-bond donors (Lipinski definition) is 2. The number of hydrogen-bond acceptors (Lipinski definition) is 4. The molecule has 0 aliphatic carbocycles. The number of nitrogens with zero attached hydrogens (tertiary/aromatic N) is 3. The molecule has 6 heteroatoms. The van der Waals surface area contributed by atoms with Crippen LogP contribution in [0.4, 0.5) is 5.82 Å². The molecule has 0 radical (unpaired) electrons. The maximum absolute atomic E-state index is 12.0. The lowest BCUT2D eigenvalue weighted by atomic mass is 10.3. The fourth-order valence-corrected chi connectivity index (χ4v) is 1.62. The SMILES string of the molecule is Cn1cnc(C(=O)N2CCNCC2)c1N. The average Bonchev–Trinajstić information content (AvgIpc) is 2.60. The number of carbonyl (C=O) groups excluding carboxylic acids is 1. The second kappa shape index (κ2) is 3.90. The van der Waals surface area contributed by atoms with Crippen molar-refractivity contribution in [2.24, 2.45) is 7.05 Å². The van der Waals surface area contributed by atoms with Crippen molar-refractivity contribution in [3.05, 3.63) is 12.0 Å². The first-order valence-corrected chi connectivity index (χ1v) is 4.97. The van der Waals surface area contributed by atoms with E-state index in [0.717, 1.165) is 26.2 Å². The Hall–Kier alpha value is -1.56. The maximum atomic E-state index is 12.0. The monoisotopic (exact) mass is 209 g/mol. The predicted octanol–water partition coefficient (Wildman–Crippen LogP) is -0.952. The Bertz CT molecular complexity index is 367. The van der Waals surface area contributed by atoms with Gasteiger partial charge in [-0.15, -0.1) is 0 Å². The van der Waals surface area contributed by atoms with E-state index in [2.05, 4.69) is 10.3 Å². The molecule has 15 heavy (non-hydrogen) atoms. The second-order valence-corrected chi connectivity index (χ2v) is 3.63. The number of piperazine rings is 1. The molecule has 0 spiro atoms. The molecule has 0 bridgehead atoms. The van der Waals surface area contributed by atoms with Gasteiger partial charge in [0, 0.05) is 33.2 Å². The first kappa shape index (κ1) is 9.97. The van der Waals surface area contributed by atoms with Crippen LogP contribution in [-0.4, -0.2) is 46.5 Å². The highest BCUT2D eigenvalue weighted by Gasteiger charge is 2.22. The number of amides is 1. The normalized spacial score (nSPS) is 16.7. The van der Waals surface area contributed by atoms with E-state index in [0.29, 0.717) is 11.5 Å². The molecular weight excluding hydrogens is 194 g/mol. The van der Waals surface area contributed by atoms with Crippen LogP contribution in [0.5, 0.6) is 0 Å². The summed E-state index contributed by atoms with van der Waals surface area (Å²) in [6.07, 6.45) is 1.56. The van der Waals surface area contributed by atoms with Crippen LogP contribution in [-0.2, 0) is 7.05 Å². The molecule has 1 saturated heterocycles. The number of nitrogens with two attached hydrogens (primary N) is 1. The van der Waals surface area contributed by atoms with Crippen LogP contribution in [0.15, 0.2) is 6.33 Å². The third-order valence-electron chi connectivity index (χ3n) is 2.59. The minimum absolute atomic E-state index is 0.0744. The summed E-state index contributed by atoms with van der Waals surface area (Å²) in [5.41, 5.74) is 6.11. The van der Waals surface area contributed by atoms with Crippen molar-refractivity contribution in [1.29, 1.82) is 0 Å². The summed E-state index contributed by atoms with van der Waals surface area (Å²) in [5, 5.41) is 3.19. The number of nitrogens with one attached hydrogen (secondary N) is 1. The highest BCUT2D eigenvalue weighted by atomic mass is 16.2. The molecule has 0 atom stereocenters. The topological polar surface area (TPSA) is 76.2 Å². The first-order chi connectivity index (χ1) is 7.20. The van der Waals surface area contributed by atoms with Crippen molar-refractivity contribution in [1.82, 2.24) is 19.8 Å². The van der Waals surface area contributed by atoms with Crippen LogP contribution >= 0.6 is 0 Å². The molecule has 1 amide bonds. The van der Waals surface area contributed by atoms with Crippen molar-refractivity contribution in [2.75, 3.05) is 31.9 Å². The van der Waals surface area contributed by atoms with Crippen LogP contribution < -0.4 is 11.1 Å². The van der Waals surface area contributed by atoms with Gasteiger partial charge in [0.15, 0.2) is 5.69 Å². The van der Waals surface area contributed by atoms with Crippen molar-refractivity contribution < 1.29 is 4.79 Å². The van der Waals surface area contributed by atoms with Crippen LogP contribution in [0.3, 0.4) is 0 Å². The van der Waals surface area contributed by atoms with E-state index < -0.39 is 0 Å². The third-order valence-corrected chi connectivity index (χ3v) is 2.59. The Labute approximate surface area is 88.1 Å². The molecule has 1 aliphatic rings. The smallest absolute Gasteiger partial charge is 0.276 e. The average molecular weight is 209 g/mol. The Kier molecular flexibility index (Phi) is 2.59. The summed E-state index contributed by atoms with van der Waals surface area (Å²) < 4.78 is 1.65. The van der Waals surface area contributed by atoms with E-state index in [9.17, 15) is 4.79 Å². The largest absolute Gasteiger partial charge is 0.383 e. The van der Waals surface area contributed by atoms with Gasteiger partial charge in [0.1, 0.15) is 5.82 Å². The van der Waals surface area contributed by atoms with Gasteiger partial charge in [-0.3, -0.25) is 4.79 Å². The van der Waals surface area contributed by atoms with Gasteiger partial charge in [-0.05, 0) is 0 Å². The number of aromatic nitrogens is 2. The van der Waals surface area contributed by atoms with E-state index in [1.54, 1.807) is 22.8 Å². The molecule has 2 heterocycles. The predicted molar refractivity (Wildman–Crippen MR) is 56.4 cm³/mol. The van der Waals surface area contributed by atoms with Crippen molar-refractivity contribution in [3.63, 3.8) is 0 Å². The van der Waals surface area contributed by atoms with Crippen molar-refractivity contribution in [2.45, 2.75) is 0 Å². The zero-order chi connectivity index (χ0) is 10.8. The van der Waals surface area contributed by atoms with Crippen LogP contribution in [0.25, 0.3) is 0 Å².